The first kappa shape index (κ1) is 25.6. The third kappa shape index (κ3) is 6.65. The minimum Gasteiger partial charge on any atom is -0.486 e. The van der Waals surface area contributed by atoms with Crippen LogP contribution in [0.3, 0.4) is 0 Å². The second-order valence-corrected chi connectivity index (χ2v) is 8.04. The van der Waals surface area contributed by atoms with Crippen LogP contribution in [-0.4, -0.2) is 48.1 Å². The molecular formula is C22H33ClIN5O2. The number of guanidine groups is 1. The number of hydrogen-bond donors (Lipinski definition) is 2. The SMILES string of the molecule is CCNC(=NCCc1cc(Cl)c2c(c1)OCCO2)NC(C)Cc1c(C)nn(C)c1C.I. The number of nitrogens with zero attached hydrogens (tertiary/aromatic N) is 3. The molecule has 0 fully saturated rings. The van der Waals surface area contributed by atoms with Crippen LogP contribution in [0.5, 0.6) is 11.5 Å². The molecule has 1 aromatic heterocycles. The zero-order valence-corrected chi connectivity index (χ0v) is 22.0. The van der Waals surface area contributed by atoms with E-state index >= 15 is 0 Å². The lowest BCUT2D eigenvalue weighted by atomic mass is 10.1. The lowest BCUT2D eigenvalue weighted by Crippen LogP contribution is -2.43. The number of aliphatic imine (C=N–C) groups is 1. The molecule has 1 aliphatic rings. The standard InChI is InChI=1S/C22H32ClN5O2.HI/c1-6-24-22(26-14(2)11-18-15(3)27-28(5)16(18)4)25-8-7-17-12-19(23)21-20(13-17)29-9-10-30-21;/h12-14H,6-11H2,1-5H3,(H2,24,25,26);1H. The van der Waals surface area contributed by atoms with Gasteiger partial charge in [-0.3, -0.25) is 9.67 Å². The first-order valence-corrected chi connectivity index (χ1v) is 10.9. The summed E-state index contributed by atoms with van der Waals surface area (Å²) in [5, 5.41) is 11.9. The number of aromatic nitrogens is 2. The second kappa shape index (κ2) is 11.8. The molecule has 0 amide bonds. The van der Waals surface area contributed by atoms with Crippen molar-refractivity contribution in [2.75, 3.05) is 26.3 Å². The van der Waals surface area contributed by atoms with Crippen molar-refractivity contribution in [3.05, 3.63) is 39.7 Å². The molecule has 31 heavy (non-hydrogen) atoms. The number of fused-ring (bicyclic) bond motifs is 1. The lowest BCUT2D eigenvalue weighted by molar-refractivity contribution is 0.171. The van der Waals surface area contributed by atoms with Crippen molar-refractivity contribution in [1.82, 2.24) is 20.4 Å². The van der Waals surface area contributed by atoms with Crippen LogP contribution >= 0.6 is 35.6 Å². The van der Waals surface area contributed by atoms with Gasteiger partial charge in [0.25, 0.3) is 0 Å². The molecule has 0 spiro atoms. The average Bonchev–Trinajstić information content (AvgIpc) is 2.94. The van der Waals surface area contributed by atoms with E-state index in [1.807, 2.05) is 23.9 Å². The molecule has 1 aliphatic heterocycles. The van der Waals surface area contributed by atoms with Crippen molar-refractivity contribution in [2.24, 2.45) is 12.0 Å². The molecule has 0 aliphatic carbocycles. The van der Waals surface area contributed by atoms with Gasteiger partial charge in [-0.2, -0.15) is 5.10 Å². The summed E-state index contributed by atoms with van der Waals surface area (Å²) in [5.74, 6) is 2.17. The fourth-order valence-electron chi connectivity index (χ4n) is 3.63. The summed E-state index contributed by atoms with van der Waals surface area (Å²) in [6, 6.07) is 4.15. The van der Waals surface area contributed by atoms with E-state index in [4.69, 9.17) is 26.1 Å². The van der Waals surface area contributed by atoms with Gasteiger partial charge in [0.1, 0.15) is 13.2 Å². The topological polar surface area (TPSA) is 72.7 Å². The monoisotopic (exact) mass is 561 g/mol. The van der Waals surface area contributed by atoms with Crippen LogP contribution in [-0.2, 0) is 19.9 Å². The normalized spacial score (nSPS) is 14.1. The molecule has 2 N–H and O–H groups in total. The van der Waals surface area contributed by atoms with Gasteiger partial charge in [-0.15, -0.1) is 24.0 Å². The number of nitrogens with one attached hydrogen (secondary N) is 2. The maximum atomic E-state index is 6.34. The molecule has 0 radical (unpaired) electrons. The Morgan fingerprint density at radius 1 is 1.29 bits per heavy atom. The fourth-order valence-corrected chi connectivity index (χ4v) is 3.92. The maximum Gasteiger partial charge on any atom is 0.191 e. The Bertz CT molecular complexity index is 916. The van der Waals surface area contributed by atoms with Crippen molar-refractivity contribution in [3.63, 3.8) is 0 Å². The summed E-state index contributed by atoms with van der Waals surface area (Å²) in [6.45, 7) is 10.9. The van der Waals surface area contributed by atoms with Gasteiger partial charge >= 0.3 is 0 Å². The van der Waals surface area contributed by atoms with Crippen molar-refractivity contribution in [3.8, 4) is 11.5 Å². The van der Waals surface area contributed by atoms with Gasteiger partial charge in [0.15, 0.2) is 17.5 Å². The van der Waals surface area contributed by atoms with Crippen LogP contribution in [0.15, 0.2) is 17.1 Å². The quantitative estimate of drug-likeness (QED) is 0.306. The number of hydrogen-bond acceptors (Lipinski definition) is 4. The molecule has 7 nitrogen and oxygen atoms in total. The van der Waals surface area contributed by atoms with Gasteiger partial charge < -0.3 is 20.1 Å². The van der Waals surface area contributed by atoms with Crippen molar-refractivity contribution in [2.45, 2.75) is 46.6 Å². The Hall–Kier alpha value is -1.68. The summed E-state index contributed by atoms with van der Waals surface area (Å²) in [5.41, 5.74) is 4.66. The van der Waals surface area contributed by atoms with E-state index in [0.717, 1.165) is 36.6 Å². The van der Waals surface area contributed by atoms with Crippen LogP contribution < -0.4 is 20.1 Å². The van der Waals surface area contributed by atoms with E-state index in [1.54, 1.807) is 0 Å². The highest BCUT2D eigenvalue weighted by Gasteiger charge is 2.17. The molecule has 9 heteroatoms. The van der Waals surface area contributed by atoms with E-state index in [9.17, 15) is 0 Å². The molecule has 0 saturated heterocycles. The molecule has 1 unspecified atom stereocenters. The maximum absolute atomic E-state index is 6.34. The average molecular weight is 562 g/mol. The minimum atomic E-state index is 0. The van der Waals surface area contributed by atoms with Gasteiger partial charge in [-0.1, -0.05) is 11.6 Å². The van der Waals surface area contributed by atoms with Gasteiger partial charge in [0.2, 0.25) is 0 Å². The van der Waals surface area contributed by atoms with E-state index in [1.165, 1.54) is 11.3 Å². The third-order valence-corrected chi connectivity index (χ3v) is 5.50. The fraction of sp³-hybridized carbons (Fsp3) is 0.545. The highest BCUT2D eigenvalue weighted by atomic mass is 127. The van der Waals surface area contributed by atoms with Crippen LogP contribution in [0.2, 0.25) is 5.02 Å². The van der Waals surface area contributed by atoms with Crippen LogP contribution in [0, 0.1) is 13.8 Å². The molecule has 172 valence electrons. The van der Waals surface area contributed by atoms with Crippen LogP contribution in [0.25, 0.3) is 0 Å². The molecule has 2 heterocycles. The molecule has 1 aromatic carbocycles. The molecule has 1 atom stereocenters. The van der Waals surface area contributed by atoms with Gasteiger partial charge in [-0.25, -0.2) is 0 Å². The Morgan fingerprint density at radius 3 is 2.71 bits per heavy atom. The minimum absolute atomic E-state index is 0. The van der Waals surface area contributed by atoms with E-state index in [-0.39, 0.29) is 30.0 Å². The number of benzene rings is 1. The highest BCUT2D eigenvalue weighted by Crippen LogP contribution is 2.38. The first-order chi connectivity index (χ1) is 14.4. The van der Waals surface area contributed by atoms with Crippen molar-refractivity contribution >= 4 is 41.5 Å². The Balaban J connectivity index is 0.00000341. The summed E-state index contributed by atoms with van der Waals surface area (Å²) in [7, 11) is 1.99. The first-order valence-electron chi connectivity index (χ1n) is 10.5. The van der Waals surface area contributed by atoms with Crippen molar-refractivity contribution < 1.29 is 9.47 Å². The largest absolute Gasteiger partial charge is 0.486 e. The summed E-state index contributed by atoms with van der Waals surface area (Å²) < 4.78 is 13.2. The van der Waals surface area contributed by atoms with E-state index in [0.29, 0.717) is 36.3 Å². The van der Waals surface area contributed by atoms with Crippen LogP contribution in [0.4, 0.5) is 0 Å². The zero-order valence-electron chi connectivity index (χ0n) is 18.9. The van der Waals surface area contributed by atoms with E-state index < -0.39 is 0 Å². The Labute approximate surface area is 207 Å². The number of aryl methyl sites for hydroxylation is 2. The summed E-state index contributed by atoms with van der Waals surface area (Å²) >= 11 is 6.34. The number of rotatable bonds is 7. The zero-order chi connectivity index (χ0) is 21.7. The predicted molar refractivity (Wildman–Crippen MR) is 137 cm³/mol. The molecule has 2 aromatic rings. The van der Waals surface area contributed by atoms with Crippen LogP contribution in [0.1, 0.15) is 36.4 Å². The predicted octanol–water partition coefficient (Wildman–Crippen LogP) is 3.81. The van der Waals surface area contributed by atoms with Crippen molar-refractivity contribution in [1.29, 1.82) is 0 Å². The second-order valence-electron chi connectivity index (χ2n) is 7.63. The number of ether oxygens (including phenoxy) is 2. The van der Waals surface area contributed by atoms with E-state index in [2.05, 4.69) is 43.4 Å². The molecule has 0 saturated carbocycles. The third-order valence-electron chi connectivity index (χ3n) is 5.22. The van der Waals surface area contributed by atoms with Gasteiger partial charge in [0.05, 0.1) is 10.7 Å². The number of halogens is 2. The molecular weight excluding hydrogens is 529 g/mol. The van der Waals surface area contributed by atoms with Gasteiger partial charge in [-0.05, 0) is 63.8 Å². The Kier molecular flexibility index (Phi) is 9.74. The Morgan fingerprint density at radius 2 is 2.03 bits per heavy atom. The summed E-state index contributed by atoms with van der Waals surface area (Å²) in [4.78, 5) is 4.74. The van der Waals surface area contributed by atoms with Gasteiger partial charge in [0, 0.05) is 31.9 Å². The molecule has 0 bridgehead atoms. The summed E-state index contributed by atoms with van der Waals surface area (Å²) in [6.07, 6.45) is 1.66. The highest BCUT2D eigenvalue weighted by molar-refractivity contribution is 14.0. The lowest BCUT2D eigenvalue weighted by Gasteiger charge is -2.20. The smallest absolute Gasteiger partial charge is 0.191 e. The molecule has 3 rings (SSSR count).